The standard InChI is InChI=1S/C40H82/c1-4-7-10-13-15-17-19-20-21-22-23-24-25-26-27-29-31-33-36-39-40(37-34-12-9-6-3)38-35-32-30-28-18-16-14-11-8-5-2/h40H,4-39H2,1-3H3. The SMILES string of the molecule is CCCCCCCCCCCCCCCCCCCCCC(CCCCCC)CCCCCCCCCCCC. The highest BCUT2D eigenvalue weighted by Gasteiger charge is 2.08. The molecule has 0 aliphatic heterocycles. The number of rotatable bonds is 36. The molecular formula is C40H82. The minimum absolute atomic E-state index is 1.04. The van der Waals surface area contributed by atoms with Crippen molar-refractivity contribution in [2.24, 2.45) is 5.92 Å². The first kappa shape index (κ1) is 40.0. The zero-order valence-corrected chi connectivity index (χ0v) is 29.0. The van der Waals surface area contributed by atoms with Gasteiger partial charge in [0.25, 0.3) is 0 Å². The molecule has 0 spiro atoms. The fourth-order valence-electron chi connectivity index (χ4n) is 6.72. The van der Waals surface area contributed by atoms with Crippen LogP contribution in [0.4, 0.5) is 0 Å². The molecule has 1 atom stereocenters. The van der Waals surface area contributed by atoms with Crippen molar-refractivity contribution in [2.75, 3.05) is 0 Å². The van der Waals surface area contributed by atoms with Gasteiger partial charge in [0, 0.05) is 0 Å². The first-order valence-corrected chi connectivity index (χ1v) is 19.8. The summed E-state index contributed by atoms with van der Waals surface area (Å²) >= 11 is 0. The Morgan fingerprint density at radius 1 is 0.200 bits per heavy atom. The van der Waals surface area contributed by atoms with Gasteiger partial charge in [-0.15, -0.1) is 0 Å². The van der Waals surface area contributed by atoms with Gasteiger partial charge in [0.05, 0.1) is 0 Å². The van der Waals surface area contributed by atoms with Gasteiger partial charge in [-0.05, 0) is 5.92 Å². The summed E-state index contributed by atoms with van der Waals surface area (Å²) in [5, 5.41) is 0. The maximum Gasteiger partial charge on any atom is -0.0414 e. The zero-order chi connectivity index (χ0) is 29.0. The van der Waals surface area contributed by atoms with E-state index in [1.807, 2.05) is 0 Å². The van der Waals surface area contributed by atoms with Crippen LogP contribution in [0, 0.1) is 5.92 Å². The van der Waals surface area contributed by atoms with E-state index >= 15 is 0 Å². The van der Waals surface area contributed by atoms with Crippen LogP contribution in [0.1, 0.15) is 252 Å². The second kappa shape index (κ2) is 37.0. The van der Waals surface area contributed by atoms with E-state index in [1.165, 1.54) is 231 Å². The van der Waals surface area contributed by atoms with Crippen molar-refractivity contribution in [3.63, 3.8) is 0 Å². The van der Waals surface area contributed by atoms with Crippen LogP contribution in [0.5, 0.6) is 0 Å². The van der Waals surface area contributed by atoms with Gasteiger partial charge in [0.15, 0.2) is 0 Å². The van der Waals surface area contributed by atoms with Gasteiger partial charge in [0.1, 0.15) is 0 Å². The molecule has 0 aromatic rings. The molecule has 0 radical (unpaired) electrons. The predicted octanol–water partition coefficient (Wildman–Crippen LogP) is 15.7. The molecule has 0 aliphatic rings. The summed E-state index contributed by atoms with van der Waals surface area (Å²) in [6.07, 6.45) is 53.3. The monoisotopic (exact) mass is 563 g/mol. The van der Waals surface area contributed by atoms with Crippen LogP contribution in [0.15, 0.2) is 0 Å². The van der Waals surface area contributed by atoms with Gasteiger partial charge in [-0.2, -0.15) is 0 Å². The molecule has 0 aromatic heterocycles. The van der Waals surface area contributed by atoms with Crippen LogP contribution in [0.2, 0.25) is 0 Å². The molecule has 0 aliphatic carbocycles. The second-order valence-electron chi connectivity index (χ2n) is 13.8. The minimum Gasteiger partial charge on any atom is -0.0654 e. The van der Waals surface area contributed by atoms with E-state index in [1.54, 1.807) is 0 Å². The Kier molecular flexibility index (Phi) is 37.0. The smallest absolute Gasteiger partial charge is 0.0414 e. The normalized spacial score (nSPS) is 12.4. The number of unbranched alkanes of at least 4 members (excludes halogenated alkanes) is 30. The van der Waals surface area contributed by atoms with Crippen LogP contribution < -0.4 is 0 Å². The van der Waals surface area contributed by atoms with Crippen LogP contribution >= 0.6 is 0 Å². The fraction of sp³-hybridized carbons (Fsp3) is 1.00. The number of hydrogen-bond donors (Lipinski definition) is 0. The Labute approximate surface area is 257 Å². The molecule has 0 bridgehead atoms. The Bertz CT molecular complexity index is 412. The van der Waals surface area contributed by atoms with Crippen molar-refractivity contribution in [1.82, 2.24) is 0 Å². The molecule has 0 aromatic carbocycles. The Morgan fingerprint density at radius 2 is 0.350 bits per heavy atom. The lowest BCUT2D eigenvalue weighted by Gasteiger charge is -2.17. The average molecular weight is 563 g/mol. The van der Waals surface area contributed by atoms with E-state index in [9.17, 15) is 0 Å². The summed E-state index contributed by atoms with van der Waals surface area (Å²) < 4.78 is 0. The average Bonchev–Trinajstić information content (AvgIpc) is 2.97. The summed E-state index contributed by atoms with van der Waals surface area (Å²) in [7, 11) is 0. The molecule has 0 heterocycles. The van der Waals surface area contributed by atoms with Crippen LogP contribution in [0.25, 0.3) is 0 Å². The third-order valence-corrected chi connectivity index (χ3v) is 9.65. The molecule has 0 nitrogen and oxygen atoms in total. The van der Waals surface area contributed by atoms with Gasteiger partial charge >= 0.3 is 0 Å². The lowest BCUT2D eigenvalue weighted by molar-refractivity contribution is 0.366. The lowest BCUT2D eigenvalue weighted by atomic mass is 9.89. The van der Waals surface area contributed by atoms with Gasteiger partial charge in [-0.3, -0.25) is 0 Å². The van der Waals surface area contributed by atoms with Crippen molar-refractivity contribution < 1.29 is 0 Å². The topological polar surface area (TPSA) is 0 Å². The van der Waals surface area contributed by atoms with E-state index < -0.39 is 0 Å². The van der Waals surface area contributed by atoms with E-state index in [2.05, 4.69) is 20.8 Å². The third-order valence-electron chi connectivity index (χ3n) is 9.65. The first-order valence-electron chi connectivity index (χ1n) is 19.8. The fourth-order valence-corrected chi connectivity index (χ4v) is 6.72. The predicted molar refractivity (Wildman–Crippen MR) is 187 cm³/mol. The molecule has 1 unspecified atom stereocenters. The molecule has 0 amide bonds. The highest BCUT2D eigenvalue weighted by molar-refractivity contribution is 4.62. The Hall–Kier alpha value is 0. The molecule has 0 rings (SSSR count). The quantitative estimate of drug-likeness (QED) is 0.0666. The van der Waals surface area contributed by atoms with Crippen molar-refractivity contribution in [2.45, 2.75) is 252 Å². The van der Waals surface area contributed by atoms with Crippen molar-refractivity contribution >= 4 is 0 Å². The zero-order valence-electron chi connectivity index (χ0n) is 29.0. The minimum atomic E-state index is 1.04. The van der Waals surface area contributed by atoms with E-state index in [0.717, 1.165) is 5.92 Å². The van der Waals surface area contributed by atoms with E-state index in [0.29, 0.717) is 0 Å². The van der Waals surface area contributed by atoms with Crippen LogP contribution in [-0.2, 0) is 0 Å². The molecule has 0 saturated heterocycles. The molecule has 0 N–H and O–H groups in total. The van der Waals surface area contributed by atoms with Crippen molar-refractivity contribution in [3.05, 3.63) is 0 Å². The van der Waals surface area contributed by atoms with Gasteiger partial charge in [0.2, 0.25) is 0 Å². The molecule has 242 valence electrons. The lowest BCUT2D eigenvalue weighted by Crippen LogP contribution is -2.01. The van der Waals surface area contributed by atoms with Gasteiger partial charge in [-0.25, -0.2) is 0 Å². The highest BCUT2D eigenvalue weighted by Crippen LogP contribution is 2.25. The van der Waals surface area contributed by atoms with Gasteiger partial charge < -0.3 is 0 Å². The summed E-state index contributed by atoms with van der Waals surface area (Å²) in [5.74, 6) is 1.04. The largest absolute Gasteiger partial charge is 0.0654 e. The second-order valence-corrected chi connectivity index (χ2v) is 13.8. The number of hydrogen-bond acceptors (Lipinski definition) is 0. The summed E-state index contributed by atoms with van der Waals surface area (Å²) in [6, 6.07) is 0. The summed E-state index contributed by atoms with van der Waals surface area (Å²) in [5.41, 5.74) is 0. The van der Waals surface area contributed by atoms with Crippen molar-refractivity contribution in [1.29, 1.82) is 0 Å². The summed E-state index contributed by atoms with van der Waals surface area (Å²) in [4.78, 5) is 0. The molecule has 0 fully saturated rings. The van der Waals surface area contributed by atoms with Gasteiger partial charge in [-0.1, -0.05) is 252 Å². The highest BCUT2D eigenvalue weighted by atomic mass is 14.1. The molecular weight excluding hydrogens is 480 g/mol. The summed E-state index contributed by atoms with van der Waals surface area (Å²) in [6.45, 7) is 6.98. The Balaban J connectivity index is 3.55. The molecule has 40 heavy (non-hydrogen) atoms. The molecule has 0 saturated carbocycles. The molecule has 0 heteroatoms. The van der Waals surface area contributed by atoms with E-state index in [-0.39, 0.29) is 0 Å². The maximum atomic E-state index is 2.35. The van der Waals surface area contributed by atoms with Crippen molar-refractivity contribution in [3.8, 4) is 0 Å². The first-order chi connectivity index (χ1) is 19.8. The Morgan fingerprint density at radius 3 is 0.550 bits per heavy atom. The van der Waals surface area contributed by atoms with E-state index in [4.69, 9.17) is 0 Å². The third kappa shape index (κ3) is 34.2. The van der Waals surface area contributed by atoms with Crippen LogP contribution in [-0.4, -0.2) is 0 Å². The van der Waals surface area contributed by atoms with Crippen LogP contribution in [0.3, 0.4) is 0 Å². The maximum absolute atomic E-state index is 2.35.